The quantitative estimate of drug-likeness (QED) is 0.891. The van der Waals surface area contributed by atoms with Gasteiger partial charge in [0.25, 0.3) is 5.91 Å². The van der Waals surface area contributed by atoms with Gasteiger partial charge in [0.15, 0.2) is 0 Å². The predicted octanol–water partition coefficient (Wildman–Crippen LogP) is 2.10. The summed E-state index contributed by atoms with van der Waals surface area (Å²) in [5, 5.41) is 3.21. The van der Waals surface area contributed by atoms with Crippen LogP contribution < -0.4 is 5.32 Å². The van der Waals surface area contributed by atoms with E-state index in [2.05, 4.69) is 5.32 Å². The number of piperidine rings is 1. The molecule has 1 heterocycles. The lowest BCUT2D eigenvalue weighted by molar-refractivity contribution is 0.0698. The average Bonchev–Trinajstić information content (AvgIpc) is 2.42. The summed E-state index contributed by atoms with van der Waals surface area (Å²) in [6.07, 6.45) is 1.70. The van der Waals surface area contributed by atoms with Crippen molar-refractivity contribution >= 4 is 5.91 Å². The average molecular weight is 268 g/mol. The molecule has 19 heavy (non-hydrogen) atoms. The SMILES string of the molecule is Cc1cc(C(=O)N(C)C2CCNCC2)c(F)cc1F. The van der Waals surface area contributed by atoms with Crippen molar-refractivity contribution in [2.45, 2.75) is 25.8 Å². The summed E-state index contributed by atoms with van der Waals surface area (Å²) in [6, 6.07) is 2.17. The Morgan fingerprint density at radius 1 is 1.26 bits per heavy atom. The van der Waals surface area contributed by atoms with Gasteiger partial charge in [-0.3, -0.25) is 4.79 Å². The number of halogens is 2. The Labute approximate surface area is 111 Å². The minimum absolute atomic E-state index is 0.0556. The van der Waals surface area contributed by atoms with Crippen molar-refractivity contribution in [2.24, 2.45) is 0 Å². The van der Waals surface area contributed by atoms with Gasteiger partial charge in [0.2, 0.25) is 0 Å². The van der Waals surface area contributed by atoms with Gasteiger partial charge in [-0.05, 0) is 44.5 Å². The van der Waals surface area contributed by atoms with E-state index in [1.807, 2.05) is 0 Å². The van der Waals surface area contributed by atoms with Crippen LogP contribution in [0.2, 0.25) is 0 Å². The molecule has 1 N–H and O–H groups in total. The number of nitrogens with zero attached hydrogens (tertiary/aromatic N) is 1. The summed E-state index contributed by atoms with van der Waals surface area (Å²) >= 11 is 0. The Morgan fingerprint density at radius 3 is 2.53 bits per heavy atom. The van der Waals surface area contributed by atoms with Crippen LogP contribution in [-0.2, 0) is 0 Å². The molecule has 0 radical (unpaired) electrons. The lowest BCUT2D eigenvalue weighted by atomic mass is 10.0. The van der Waals surface area contributed by atoms with Gasteiger partial charge < -0.3 is 10.2 Å². The lowest BCUT2D eigenvalue weighted by Crippen LogP contribution is -2.44. The van der Waals surface area contributed by atoms with Crippen LogP contribution in [0.1, 0.15) is 28.8 Å². The Kier molecular flexibility index (Phi) is 4.14. The number of aryl methyl sites for hydroxylation is 1. The number of carbonyl (C=O) groups excluding carboxylic acids is 1. The second kappa shape index (κ2) is 5.65. The largest absolute Gasteiger partial charge is 0.339 e. The van der Waals surface area contributed by atoms with Crippen LogP contribution in [0, 0.1) is 18.6 Å². The highest BCUT2D eigenvalue weighted by atomic mass is 19.1. The van der Waals surface area contributed by atoms with E-state index in [0.29, 0.717) is 0 Å². The van der Waals surface area contributed by atoms with Gasteiger partial charge >= 0.3 is 0 Å². The van der Waals surface area contributed by atoms with Gasteiger partial charge in [-0.25, -0.2) is 8.78 Å². The van der Waals surface area contributed by atoms with Gasteiger partial charge in [-0.2, -0.15) is 0 Å². The number of amides is 1. The minimum Gasteiger partial charge on any atom is -0.339 e. The molecule has 1 aliphatic heterocycles. The lowest BCUT2D eigenvalue weighted by Gasteiger charge is -2.31. The third-order valence-electron chi connectivity index (χ3n) is 3.66. The molecule has 1 amide bonds. The normalized spacial score (nSPS) is 16.4. The molecule has 0 aromatic heterocycles. The van der Waals surface area contributed by atoms with Crippen LogP contribution in [0.5, 0.6) is 0 Å². The third kappa shape index (κ3) is 2.92. The molecule has 1 aromatic carbocycles. The second-order valence-electron chi connectivity index (χ2n) is 4.98. The Bertz CT molecular complexity index is 485. The monoisotopic (exact) mass is 268 g/mol. The molecular formula is C14H18F2N2O. The molecule has 1 fully saturated rings. The molecule has 0 bridgehead atoms. The van der Waals surface area contributed by atoms with Crippen molar-refractivity contribution in [1.29, 1.82) is 0 Å². The van der Waals surface area contributed by atoms with E-state index < -0.39 is 11.6 Å². The molecule has 1 aliphatic rings. The van der Waals surface area contributed by atoms with Gasteiger partial charge in [0.05, 0.1) is 5.56 Å². The zero-order valence-electron chi connectivity index (χ0n) is 11.2. The number of benzene rings is 1. The molecule has 0 saturated carbocycles. The summed E-state index contributed by atoms with van der Waals surface area (Å²) in [6.45, 7) is 3.23. The molecule has 1 saturated heterocycles. The summed E-state index contributed by atoms with van der Waals surface area (Å²) < 4.78 is 26.9. The molecule has 3 nitrogen and oxygen atoms in total. The fraction of sp³-hybridized carbons (Fsp3) is 0.500. The molecule has 5 heteroatoms. The Balaban J connectivity index is 2.21. The van der Waals surface area contributed by atoms with Crippen LogP contribution in [0.3, 0.4) is 0 Å². The Morgan fingerprint density at radius 2 is 1.89 bits per heavy atom. The summed E-state index contributed by atoms with van der Waals surface area (Å²) in [4.78, 5) is 13.8. The zero-order chi connectivity index (χ0) is 14.0. The maximum atomic E-state index is 13.7. The van der Waals surface area contributed by atoms with E-state index in [4.69, 9.17) is 0 Å². The number of hydrogen-bond donors (Lipinski definition) is 1. The summed E-state index contributed by atoms with van der Waals surface area (Å²) in [7, 11) is 1.68. The molecular weight excluding hydrogens is 250 g/mol. The molecule has 2 rings (SSSR count). The standard InChI is InChI=1S/C14H18F2N2O/c1-9-7-11(13(16)8-12(9)15)14(19)18(2)10-3-5-17-6-4-10/h7-8,10,17H,3-6H2,1-2H3. The van der Waals surface area contributed by atoms with Crippen LogP contribution in [0.15, 0.2) is 12.1 Å². The minimum atomic E-state index is -0.797. The van der Waals surface area contributed by atoms with E-state index in [1.165, 1.54) is 13.0 Å². The van der Waals surface area contributed by atoms with Gasteiger partial charge in [0.1, 0.15) is 11.6 Å². The molecule has 104 valence electrons. The fourth-order valence-electron chi connectivity index (χ4n) is 2.37. The molecule has 0 aliphatic carbocycles. The van der Waals surface area contributed by atoms with Crippen LogP contribution >= 0.6 is 0 Å². The van der Waals surface area contributed by atoms with Crippen LogP contribution in [0.25, 0.3) is 0 Å². The van der Waals surface area contributed by atoms with Crippen molar-refractivity contribution < 1.29 is 13.6 Å². The van der Waals surface area contributed by atoms with Crippen LogP contribution in [-0.4, -0.2) is 37.0 Å². The van der Waals surface area contributed by atoms with E-state index in [-0.39, 0.29) is 23.1 Å². The topological polar surface area (TPSA) is 32.3 Å². The first-order valence-corrected chi connectivity index (χ1v) is 6.44. The predicted molar refractivity (Wildman–Crippen MR) is 69.1 cm³/mol. The van der Waals surface area contributed by atoms with Gasteiger partial charge in [-0.1, -0.05) is 0 Å². The van der Waals surface area contributed by atoms with E-state index in [1.54, 1.807) is 11.9 Å². The fourth-order valence-corrected chi connectivity index (χ4v) is 2.37. The highest BCUT2D eigenvalue weighted by Crippen LogP contribution is 2.18. The first-order chi connectivity index (χ1) is 9.00. The van der Waals surface area contributed by atoms with E-state index in [9.17, 15) is 13.6 Å². The molecule has 1 aromatic rings. The number of rotatable bonds is 2. The second-order valence-corrected chi connectivity index (χ2v) is 4.98. The molecule has 0 unspecified atom stereocenters. The third-order valence-corrected chi connectivity index (χ3v) is 3.66. The number of nitrogens with one attached hydrogen (secondary N) is 1. The number of hydrogen-bond acceptors (Lipinski definition) is 2. The van der Waals surface area contributed by atoms with Crippen molar-refractivity contribution in [3.63, 3.8) is 0 Å². The molecule has 0 spiro atoms. The van der Waals surface area contributed by atoms with Crippen molar-refractivity contribution in [3.05, 3.63) is 34.9 Å². The van der Waals surface area contributed by atoms with Crippen LogP contribution in [0.4, 0.5) is 8.78 Å². The first-order valence-electron chi connectivity index (χ1n) is 6.44. The maximum absolute atomic E-state index is 13.7. The van der Waals surface area contributed by atoms with Gasteiger partial charge in [0, 0.05) is 19.2 Å². The highest BCUT2D eigenvalue weighted by Gasteiger charge is 2.25. The zero-order valence-corrected chi connectivity index (χ0v) is 11.2. The first kappa shape index (κ1) is 13.9. The van der Waals surface area contributed by atoms with Crippen molar-refractivity contribution in [2.75, 3.05) is 20.1 Å². The van der Waals surface area contributed by atoms with Crippen molar-refractivity contribution in [1.82, 2.24) is 10.2 Å². The number of carbonyl (C=O) groups is 1. The van der Waals surface area contributed by atoms with E-state index >= 15 is 0 Å². The van der Waals surface area contributed by atoms with Crippen molar-refractivity contribution in [3.8, 4) is 0 Å². The Hall–Kier alpha value is -1.49. The summed E-state index contributed by atoms with van der Waals surface area (Å²) in [5.74, 6) is -1.81. The highest BCUT2D eigenvalue weighted by molar-refractivity contribution is 5.94. The van der Waals surface area contributed by atoms with Gasteiger partial charge in [-0.15, -0.1) is 0 Å². The summed E-state index contributed by atoms with van der Waals surface area (Å²) in [5.41, 5.74) is 0.225. The van der Waals surface area contributed by atoms with E-state index in [0.717, 1.165) is 32.0 Å². The molecule has 0 atom stereocenters. The smallest absolute Gasteiger partial charge is 0.256 e. The maximum Gasteiger partial charge on any atom is 0.256 e.